The standard InChI is InChI=1S/C29H31B2NO2/c1-28(2)29(3,4)34-31(33-28)22(20-32)14-11-13-21-12-5-8-17-25(21)30-26-18-9-6-15-23(26)24-16-7-10-19-27(24)30/h5-12,14-20H,13,32H2,1-4H3/b14-11-,22-20+. The highest BCUT2D eigenvalue weighted by molar-refractivity contribution is 6.99. The number of hydrogen-bond donors (Lipinski definition) is 1. The normalized spacial score (nSPS) is 18.4. The van der Waals surface area contributed by atoms with E-state index in [-0.39, 0.29) is 6.71 Å². The van der Waals surface area contributed by atoms with Crippen molar-refractivity contribution in [2.24, 2.45) is 5.73 Å². The van der Waals surface area contributed by atoms with Gasteiger partial charge in [0.2, 0.25) is 6.71 Å². The van der Waals surface area contributed by atoms with Crippen molar-refractivity contribution in [2.45, 2.75) is 45.3 Å². The van der Waals surface area contributed by atoms with Crippen LogP contribution in [0.5, 0.6) is 0 Å². The molecule has 0 spiro atoms. The van der Waals surface area contributed by atoms with E-state index < -0.39 is 18.3 Å². The lowest BCUT2D eigenvalue weighted by Crippen LogP contribution is -2.50. The first-order valence-electron chi connectivity index (χ1n) is 12.0. The van der Waals surface area contributed by atoms with E-state index in [1.54, 1.807) is 6.20 Å². The Morgan fingerprint density at radius 3 is 1.82 bits per heavy atom. The van der Waals surface area contributed by atoms with Crippen LogP contribution < -0.4 is 22.1 Å². The highest BCUT2D eigenvalue weighted by Gasteiger charge is 2.52. The zero-order valence-electron chi connectivity index (χ0n) is 20.4. The first-order valence-corrected chi connectivity index (χ1v) is 12.0. The molecule has 2 N–H and O–H groups in total. The molecule has 1 fully saturated rings. The van der Waals surface area contributed by atoms with Gasteiger partial charge in [0.15, 0.2) is 0 Å². The molecule has 0 aromatic heterocycles. The van der Waals surface area contributed by atoms with Gasteiger partial charge in [0.1, 0.15) is 0 Å². The fourth-order valence-electron chi connectivity index (χ4n) is 5.01. The maximum absolute atomic E-state index is 6.18. The zero-order chi connectivity index (χ0) is 23.9. The van der Waals surface area contributed by atoms with Gasteiger partial charge in [-0.05, 0) is 62.5 Å². The van der Waals surface area contributed by atoms with E-state index in [4.69, 9.17) is 15.0 Å². The molecule has 0 aliphatic carbocycles. The maximum atomic E-state index is 6.18. The highest BCUT2D eigenvalue weighted by Crippen LogP contribution is 2.38. The van der Waals surface area contributed by atoms with Gasteiger partial charge < -0.3 is 15.0 Å². The van der Waals surface area contributed by atoms with Gasteiger partial charge in [-0.25, -0.2) is 0 Å². The lowest BCUT2D eigenvalue weighted by molar-refractivity contribution is 0.00578. The van der Waals surface area contributed by atoms with E-state index in [1.807, 2.05) is 6.08 Å². The van der Waals surface area contributed by atoms with Crippen LogP contribution in [0.1, 0.15) is 33.3 Å². The molecular formula is C29H31B2NO2. The largest absolute Gasteiger partial charge is 0.496 e. The number of fused-ring (bicyclic) bond motifs is 3. The summed E-state index contributed by atoms with van der Waals surface area (Å²) in [5.41, 5.74) is 14.1. The second-order valence-electron chi connectivity index (χ2n) is 10.2. The van der Waals surface area contributed by atoms with Crippen molar-refractivity contribution in [3.8, 4) is 11.1 Å². The van der Waals surface area contributed by atoms with Crippen molar-refractivity contribution in [1.29, 1.82) is 0 Å². The Hall–Kier alpha value is -3.01. The van der Waals surface area contributed by atoms with E-state index >= 15 is 0 Å². The van der Waals surface area contributed by atoms with Crippen LogP contribution in [0.3, 0.4) is 0 Å². The molecule has 0 radical (unpaired) electrons. The Labute approximate surface area is 203 Å². The first-order chi connectivity index (χ1) is 16.3. The van der Waals surface area contributed by atoms with Gasteiger partial charge in [0.05, 0.1) is 11.2 Å². The summed E-state index contributed by atoms with van der Waals surface area (Å²) < 4.78 is 12.4. The monoisotopic (exact) mass is 447 g/mol. The van der Waals surface area contributed by atoms with Crippen LogP contribution in [-0.2, 0) is 15.7 Å². The highest BCUT2D eigenvalue weighted by atomic mass is 16.7. The van der Waals surface area contributed by atoms with Gasteiger partial charge in [-0.3, -0.25) is 0 Å². The maximum Gasteiger partial charge on any atom is 0.496 e. The van der Waals surface area contributed by atoms with E-state index in [2.05, 4.69) is 107 Å². The Kier molecular flexibility index (Phi) is 5.79. The van der Waals surface area contributed by atoms with Crippen molar-refractivity contribution >= 4 is 30.2 Å². The molecule has 3 aromatic rings. The molecule has 3 nitrogen and oxygen atoms in total. The molecule has 3 aromatic carbocycles. The van der Waals surface area contributed by atoms with Crippen LogP contribution in [0.2, 0.25) is 0 Å². The van der Waals surface area contributed by atoms with Crippen molar-refractivity contribution in [3.63, 3.8) is 0 Å². The van der Waals surface area contributed by atoms with Crippen LogP contribution in [0, 0.1) is 0 Å². The Morgan fingerprint density at radius 2 is 1.26 bits per heavy atom. The molecule has 0 saturated carbocycles. The Morgan fingerprint density at radius 1 is 0.765 bits per heavy atom. The molecule has 0 atom stereocenters. The third kappa shape index (κ3) is 3.83. The van der Waals surface area contributed by atoms with Crippen molar-refractivity contribution in [2.75, 3.05) is 0 Å². The summed E-state index contributed by atoms with van der Waals surface area (Å²) in [4.78, 5) is 0. The minimum atomic E-state index is -0.463. The predicted octanol–water partition coefficient (Wildman–Crippen LogP) is 3.76. The van der Waals surface area contributed by atoms with Crippen molar-refractivity contribution in [3.05, 3.63) is 102 Å². The van der Waals surface area contributed by atoms with E-state index in [0.29, 0.717) is 0 Å². The molecule has 2 heterocycles. The molecule has 0 unspecified atom stereocenters. The van der Waals surface area contributed by atoms with Gasteiger partial charge in [0, 0.05) is 0 Å². The molecular weight excluding hydrogens is 416 g/mol. The summed E-state index contributed by atoms with van der Waals surface area (Å²) in [6, 6.07) is 26.3. The predicted molar refractivity (Wildman–Crippen MR) is 144 cm³/mol. The lowest BCUT2D eigenvalue weighted by atomic mass is 9.38. The summed E-state index contributed by atoms with van der Waals surface area (Å²) in [5.74, 6) is 0. The topological polar surface area (TPSA) is 44.5 Å². The molecule has 34 heavy (non-hydrogen) atoms. The molecule has 1 saturated heterocycles. The van der Waals surface area contributed by atoms with E-state index in [0.717, 1.165) is 11.9 Å². The molecule has 0 bridgehead atoms. The SMILES string of the molecule is CC1(C)OB(C(/C=C\Cc2ccccc2B2c3ccccc3-c3ccccc32)=C/N)OC1(C)C. The lowest BCUT2D eigenvalue weighted by Gasteiger charge is -2.32. The van der Waals surface area contributed by atoms with Gasteiger partial charge in [0.25, 0.3) is 0 Å². The minimum absolute atomic E-state index is 0.240. The van der Waals surface area contributed by atoms with Gasteiger partial charge in [-0.15, -0.1) is 0 Å². The third-order valence-corrected chi connectivity index (χ3v) is 7.57. The van der Waals surface area contributed by atoms with Crippen molar-refractivity contribution in [1.82, 2.24) is 0 Å². The number of allylic oxidation sites excluding steroid dienone is 3. The molecule has 2 aliphatic rings. The quantitative estimate of drug-likeness (QED) is 0.375. The summed E-state index contributed by atoms with van der Waals surface area (Å²) in [5, 5.41) is 0. The summed E-state index contributed by atoms with van der Waals surface area (Å²) >= 11 is 0. The molecule has 0 amide bonds. The van der Waals surface area contributed by atoms with Gasteiger partial charge in [-0.1, -0.05) is 101 Å². The molecule has 5 heteroatoms. The minimum Gasteiger partial charge on any atom is -0.405 e. The number of rotatable bonds is 5. The Bertz CT molecular complexity index is 1220. The molecule has 5 rings (SSSR count). The van der Waals surface area contributed by atoms with E-state index in [1.165, 1.54) is 33.1 Å². The first kappa shape index (κ1) is 22.8. The van der Waals surface area contributed by atoms with Crippen LogP contribution in [0.15, 0.2) is 96.6 Å². The summed E-state index contributed by atoms with van der Waals surface area (Å²) in [6.45, 7) is 8.46. The Balaban J connectivity index is 1.43. The number of nitrogens with two attached hydrogens (primary N) is 1. The zero-order valence-corrected chi connectivity index (χ0v) is 20.4. The average molecular weight is 447 g/mol. The smallest absolute Gasteiger partial charge is 0.405 e. The summed E-state index contributed by atoms with van der Waals surface area (Å²) in [7, 11) is -0.463. The molecule has 170 valence electrons. The number of hydrogen-bond acceptors (Lipinski definition) is 3. The van der Waals surface area contributed by atoms with Crippen LogP contribution in [0.4, 0.5) is 0 Å². The molecule has 2 aliphatic heterocycles. The third-order valence-electron chi connectivity index (χ3n) is 7.57. The van der Waals surface area contributed by atoms with Crippen LogP contribution >= 0.6 is 0 Å². The fraction of sp³-hybridized carbons (Fsp3) is 0.241. The van der Waals surface area contributed by atoms with Gasteiger partial charge >= 0.3 is 7.12 Å². The van der Waals surface area contributed by atoms with E-state index in [9.17, 15) is 0 Å². The van der Waals surface area contributed by atoms with Crippen LogP contribution in [0.25, 0.3) is 11.1 Å². The van der Waals surface area contributed by atoms with Crippen molar-refractivity contribution < 1.29 is 9.31 Å². The number of benzene rings is 3. The second-order valence-corrected chi connectivity index (χ2v) is 10.2. The average Bonchev–Trinajstić information content (AvgIpc) is 3.27. The summed E-state index contributed by atoms with van der Waals surface area (Å²) in [6.07, 6.45) is 6.59. The fourth-order valence-corrected chi connectivity index (χ4v) is 5.01. The van der Waals surface area contributed by atoms with Gasteiger partial charge in [-0.2, -0.15) is 0 Å². The second kappa shape index (κ2) is 8.65. The van der Waals surface area contributed by atoms with Crippen LogP contribution in [-0.4, -0.2) is 25.0 Å².